The minimum atomic E-state index is -0.311. The van der Waals surface area contributed by atoms with Crippen LogP contribution in [0.25, 0.3) is 0 Å². The predicted octanol–water partition coefficient (Wildman–Crippen LogP) is 0.244. The molecule has 5 heteroatoms. The van der Waals surface area contributed by atoms with Gasteiger partial charge in [-0.1, -0.05) is 0 Å². The molecule has 1 heterocycles. The number of carbonyl (C=O) groups excluding carboxylic acids is 2. The molecule has 0 radical (unpaired) electrons. The summed E-state index contributed by atoms with van der Waals surface area (Å²) < 4.78 is 0. The molecule has 1 saturated carbocycles. The van der Waals surface area contributed by atoms with Gasteiger partial charge >= 0.3 is 0 Å². The molecule has 0 atom stereocenters. The zero-order valence-electron chi connectivity index (χ0n) is 10.9. The quantitative estimate of drug-likeness (QED) is 0.737. The molecule has 1 saturated heterocycles. The van der Waals surface area contributed by atoms with Gasteiger partial charge in [-0.25, -0.2) is 0 Å². The van der Waals surface area contributed by atoms with Gasteiger partial charge in [0.05, 0.1) is 5.41 Å². The van der Waals surface area contributed by atoms with Crippen molar-refractivity contribution in [2.24, 2.45) is 11.1 Å². The van der Waals surface area contributed by atoms with Crippen molar-refractivity contribution in [3.63, 3.8) is 0 Å². The van der Waals surface area contributed by atoms with Crippen LogP contribution < -0.4 is 11.1 Å². The Morgan fingerprint density at radius 2 is 1.83 bits per heavy atom. The maximum atomic E-state index is 11.9. The van der Waals surface area contributed by atoms with Crippen molar-refractivity contribution in [2.45, 2.75) is 38.5 Å². The summed E-state index contributed by atoms with van der Waals surface area (Å²) in [6.45, 7) is 2.61. The Balaban J connectivity index is 1.65. The second-order valence-corrected chi connectivity index (χ2v) is 5.43. The van der Waals surface area contributed by atoms with Crippen molar-refractivity contribution in [2.75, 3.05) is 26.2 Å². The number of hydrogen-bond donors (Lipinski definition) is 2. The molecule has 0 aromatic carbocycles. The number of nitrogens with two attached hydrogens (primary N) is 1. The number of likely N-dealkylation sites (tertiary alicyclic amines) is 1. The highest BCUT2D eigenvalue weighted by atomic mass is 16.2. The number of piperidine rings is 1. The van der Waals surface area contributed by atoms with E-state index >= 15 is 0 Å². The Morgan fingerprint density at radius 1 is 1.17 bits per heavy atom. The highest BCUT2D eigenvalue weighted by Crippen LogP contribution is 2.44. The Kier molecular flexibility index (Phi) is 4.22. The first-order valence-corrected chi connectivity index (χ1v) is 6.94. The molecule has 18 heavy (non-hydrogen) atoms. The number of rotatable bonds is 5. The number of amides is 2. The third-order valence-corrected chi connectivity index (χ3v) is 4.06. The van der Waals surface area contributed by atoms with Gasteiger partial charge in [-0.15, -0.1) is 0 Å². The van der Waals surface area contributed by atoms with Crippen LogP contribution in [0.4, 0.5) is 0 Å². The lowest BCUT2D eigenvalue weighted by molar-refractivity contribution is -0.132. The molecule has 0 spiro atoms. The Labute approximate surface area is 108 Å². The second kappa shape index (κ2) is 5.69. The lowest BCUT2D eigenvalue weighted by Gasteiger charge is -2.26. The molecule has 102 valence electrons. The second-order valence-electron chi connectivity index (χ2n) is 5.43. The molecule has 2 amide bonds. The first kappa shape index (κ1) is 13.3. The molecule has 0 unspecified atom stereocenters. The summed E-state index contributed by atoms with van der Waals surface area (Å²) in [4.78, 5) is 25.6. The highest BCUT2D eigenvalue weighted by molar-refractivity contribution is 5.86. The average molecular weight is 253 g/mol. The van der Waals surface area contributed by atoms with Crippen molar-refractivity contribution in [1.29, 1.82) is 0 Å². The van der Waals surface area contributed by atoms with E-state index in [1.807, 2.05) is 4.90 Å². The minimum Gasteiger partial charge on any atom is -0.355 e. The molecular weight excluding hydrogens is 230 g/mol. The van der Waals surface area contributed by atoms with Crippen LogP contribution >= 0.6 is 0 Å². The van der Waals surface area contributed by atoms with Crippen LogP contribution in [0.5, 0.6) is 0 Å². The topological polar surface area (TPSA) is 75.4 Å². The molecule has 1 aliphatic heterocycles. The summed E-state index contributed by atoms with van der Waals surface area (Å²) in [6, 6.07) is 0. The average Bonchev–Trinajstić information content (AvgIpc) is 3.20. The van der Waals surface area contributed by atoms with Crippen LogP contribution in [0.15, 0.2) is 0 Å². The number of nitrogens with zero attached hydrogens (tertiary/aromatic N) is 1. The van der Waals surface area contributed by atoms with E-state index in [1.54, 1.807) is 0 Å². The fourth-order valence-electron chi connectivity index (χ4n) is 2.45. The van der Waals surface area contributed by atoms with Crippen molar-refractivity contribution < 1.29 is 9.59 Å². The smallest absolute Gasteiger partial charge is 0.227 e. The number of carbonyl (C=O) groups is 2. The first-order valence-electron chi connectivity index (χ1n) is 6.94. The molecule has 2 aliphatic rings. The molecule has 2 fully saturated rings. The van der Waals surface area contributed by atoms with E-state index in [9.17, 15) is 9.59 Å². The molecule has 0 aromatic heterocycles. The van der Waals surface area contributed by atoms with Gasteiger partial charge in [0.15, 0.2) is 0 Å². The summed E-state index contributed by atoms with van der Waals surface area (Å²) in [5.41, 5.74) is 5.27. The molecular formula is C13H23N3O2. The van der Waals surface area contributed by atoms with Crippen LogP contribution in [-0.2, 0) is 9.59 Å². The van der Waals surface area contributed by atoms with E-state index < -0.39 is 0 Å². The molecule has 0 bridgehead atoms. The van der Waals surface area contributed by atoms with Crippen molar-refractivity contribution in [3.05, 3.63) is 0 Å². The zero-order valence-corrected chi connectivity index (χ0v) is 10.9. The number of nitrogens with one attached hydrogen (secondary N) is 1. The lowest BCUT2D eigenvalue weighted by atomic mass is 10.1. The zero-order chi connectivity index (χ0) is 13.0. The summed E-state index contributed by atoms with van der Waals surface area (Å²) >= 11 is 0. The van der Waals surface area contributed by atoms with E-state index in [0.717, 1.165) is 38.8 Å². The largest absolute Gasteiger partial charge is 0.355 e. The van der Waals surface area contributed by atoms with Gasteiger partial charge in [0.1, 0.15) is 0 Å². The van der Waals surface area contributed by atoms with Gasteiger partial charge in [0.2, 0.25) is 11.8 Å². The highest BCUT2D eigenvalue weighted by Gasteiger charge is 2.48. The maximum Gasteiger partial charge on any atom is 0.227 e. The van der Waals surface area contributed by atoms with Crippen molar-refractivity contribution in [1.82, 2.24) is 10.2 Å². The molecule has 3 N–H and O–H groups in total. The van der Waals surface area contributed by atoms with Crippen molar-refractivity contribution in [3.8, 4) is 0 Å². The SMILES string of the molecule is NCC1(C(=O)NCCC(=O)N2CCCCC2)CC1. The molecule has 5 nitrogen and oxygen atoms in total. The van der Waals surface area contributed by atoms with E-state index in [4.69, 9.17) is 5.73 Å². The Bertz CT molecular complexity index is 320. The van der Waals surface area contributed by atoms with E-state index in [0.29, 0.717) is 19.5 Å². The fourth-order valence-corrected chi connectivity index (χ4v) is 2.45. The third-order valence-electron chi connectivity index (χ3n) is 4.06. The summed E-state index contributed by atoms with van der Waals surface area (Å²) in [5.74, 6) is 0.184. The Morgan fingerprint density at radius 3 is 2.39 bits per heavy atom. The molecule has 1 aliphatic carbocycles. The molecule has 0 aromatic rings. The Hall–Kier alpha value is -1.10. The maximum absolute atomic E-state index is 11.9. The third kappa shape index (κ3) is 3.02. The lowest BCUT2D eigenvalue weighted by Crippen LogP contribution is -2.40. The normalized spacial score (nSPS) is 21.5. The van der Waals surface area contributed by atoms with E-state index in [1.165, 1.54) is 6.42 Å². The summed E-state index contributed by atoms with van der Waals surface area (Å²) in [7, 11) is 0. The van der Waals surface area contributed by atoms with E-state index in [-0.39, 0.29) is 17.2 Å². The van der Waals surface area contributed by atoms with Crippen molar-refractivity contribution >= 4 is 11.8 Å². The monoisotopic (exact) mass is 253 g/mol. The standard InChI is InChI=1S/C13H23N3O2/c14-10-13(5-6-13)12(18)15-7-4-11(17)16-8-2-1-3-9-16/h1-10,14H2,(H,15,18). The predicted molar refractivity (Wildman–Crippen MR) is 68.8 cm³/mol. The van der Waals surface area contributed by atoms with Crippen LogP contribution in [0, 0.1) is 5.41 Å². The van der Waals surface area contributed by atoms with E-state index in [2.05, 4.69) is 5.32 Å². The van der Waals surface area contributed by atoms with Crippen LogP contribution in [0.1, 0.15) is 38.5 Å². The van der Waals surface area contributed by atoms with Gasteiger partial charge in [0.25, 0.3) is 0 Å². The van der Waals surface area contributed by atoms with Crippen LogP contribution in [0.3, 0.4) is 0 Å². The number of hydrogen-bond acceptors (Lipinski definition) is 3. The van der Waals surface area contributed by atoms with Gasteiger partial charge in [-0.2, -0.15) is 0 Å². The molecule has 2 rings (SSSR count). The minimum absolute atomic E-state index is 0.0245. The summed E-state index contributed by atoms with van der Waals surface area (Å²) in [5, 5.41) is 2.84. The van der Waals surface area contributed by atoms with Gasteiger partial charge in [-0.05, 0) is 32.1 Å². The van der Waals surface area contributed by atoms with Crippen LogP contribution in [0.2, 0.25) is 0 Å². The first-order chi connectivity index (χ1) is 8.68. The van der Waals surface area contributed by atoms with Gasteiger partial charge in [0, 0.05) is 32.6 Å². The van der Waals surface area contributed by atoms with Gasteiger partial charge in [-0.3, -0.25) is 9.59 Å². The van der Waals surface area contributed by atoms with Crippen LogP contribution in [-0.4, -0.2) is 42.9 Å². The van der Waals surface area contributed by atoms with Gasteiger partial charge < -0.3 is 16.0 Å². The summed E-state index contributed by atoms with van der Waals surface area (Å²) in [6.07, 6.45) is 5.61. The fraction of sp³-hybridized carbons (Fsp3) is 0.846.